The third-order valence-corrected chi connectivity index (χ3v) is 2.91. The van der Waals surface area contributed by atoms with E-state index in [9.17, 15) is 9.18 Å². The second-order valence-corrected chi connectivity index (χ2v) is 4.59. The summed E-state index contributed by atoms with van der Waals surface area (Å²) in [5.41, 5.74) is 4.21. The Bertz CT molecular complexity index is 653. The predicted octanol–water partition coefficient (Wildman–Crippen LogP) is 3.63. The molecule has 2 aromatic rings. The van der Waals surface area contributed by atoms with E-state index in [2.05, 4.69) is 10.5 Å². The van der Waals surface area contributed by atoms with E-state index in [1.165, 1.54) is 24.3 Å². The first kappa shape index (κ1) is 14.2. The molecule has 0 atom stereocenters. The van der Waals surface area contributed by atoms with Gasteiger partial charge in [0.05, 0.1) is 5.71 Å². The minimum Gasteiger partial charge on any atom is -0.267 e. The fraction of sp³-hybridized carbons (Fsp3) is 0.0667. The van der Waals surface area contributed by atoms with Crippen LogP contribution in [0.5, 0.6) is 0 Å². The van der Waals surface area contributed by atoms with Gasteiger partial charge < -0.3 is 0 Å². The van der Waals surface area contributed by atoms with Crippen molar-refractivity contribution in [3.8, 4) is 0 Å². The first-order valence-corrected chi connectivity index (χ1v) is 6.30. The van der Waals surface area contributed by atoms with E-state index >= 15 is 0 Å². The number of carbonyl (C=O) groups excluding carboxylic acids is 1. The molecule has 1 N–H and O–H groups in total. The van der Waals surface area contributed by atoms with Crippen LogP contribution in [0.25, 0.3) is 0 Å². The Kier molecular flexibility index (Phi) is 4.48. The fourth-order valence-electron chi connectivity index (χ4n) is 1.58. The van der Waals surface area contributed by atoms with E-state index < -0.39 is 5.91 Å². The first-order valence-electron chi connectivity index (χ1n) is 5.92. The number of amides is 1. The summed E-state index contributed by atoms with van der Waals surface area (Å²) in [6.45, 7) is 1.76. The molecule has 0 bridgehead atoms. The maximum atomic E-state index is 12.8. The van der Waals surface area contributed by atoms with Crippen molar-refractivity contribution in [1.29, 1.82) is 0 Å². The highest BCUT2D eigenvalue weighted by molar-refractivity contribution is 6.31. The van der Waals surface area contributed by atoms with E-state index in [0.29, 0.717) is 16.3 Å². The third kappa shape index (κ3) is 3.65. The summed E-state index contributed by atoms with van der Waals surface area (Å²) in [4.78, 5) is 11.8. The van der Waals surface area contributed by atoms with Crippen molar-refractivity contribution in [3.05, 3.63) is 70.5 Å². The van der Waals surface area contributed by atoms with Crippen LogP contribution in [-0.4, -0.2) is 11.6 Å². The Morgan fingerprint density at radius 1 is 1.15 bits per heavy atom. The topological polar surface area (TPSA) is 41.5 Å². The minimum absolute atomic E-state index is 0.342. The lowest BCUT2D eigenvalue weighted by Gasteiger charge is -2.03. The van der Waals surface area contributed by atoms with Crippen LogP contribution in [0.1, 0.15) is 22.8 Å². The zero-order valence-corrected chi connectivity index (χ0v) is 11.5. The molecule has 3 nitrogen and oxygen atoms in total. The lowest BCUT2D eigenvalue weighted by molar-refractivity contribution is 0.0955. The van der Waals surface area contributed by atoms with Crippen LogP contribution in [0.2, 0.25) is 5.02 Å². The van der Waals surface area contributed by atoms with Crippen LogP contribution in [0, 0.1) is 5.82 Å². The molecule has 2 aromatic carbocycles. The van der Waals surface area contributed by atoms with Gasteiger partial charge in [-0.1, -0.05) is 23.7 Å². The molecule has 0 saturated heterocycles. The van der Waals surface area contributed by atoms with E-state index in [0.717, 1.165) is 5.56 Å². The van der Waals surface area contributed by atoms with Gasteiger partial charge in [0.25, 0.3) is 5.91 Å². The number of hydrazone groups is 1. The summed E-state index contributed by atoms with van der Waals surface area (Å²) in [5.74, 6) is -0.786. The van der Waals surface area contributed by atoms with Crippen LogP contribution < -0.4 is 5.43 Å². The van der Waals surface area contributed by atoms with Gasteiger partial charge in [-0.05, 0) is 48.9 Å². The van der Waals surface area contributed by atoms with E-state index in [-0.39, 0.29) is 5.82 Å². The highest BCUT2D eigenvalue weighted by atomic mass is 35.5. The highest BCUT2D eigenvalue weighted by Crippen LogP contribution is 2.11. The molecule has 0 fully saturated rings. The average Bonchev–Trinajstić information content (AvgIpc) is 2.45. The molecule has 0 aliphatic carbocycles. The van der Waals surface area contributed by atoms with Crippen molar-refractivity contribution in [3.63, 3.8) is 0 Å². The Labute approximate surface area is 121 Å². The number of nitrogens with one attached hydrogen (secondary N) is 1. The van der Waals surface area contributed by atoms with Crippen molar-refractivity contribution >= 4 is 23.2 Å². The van der Waals surface area contributed by atoms with Crippen LogP contribution in [0.3, 0.4) is 0 Å². The van der Waals surface area contributed by atoms with E-state index in [1.54, 1.807) is 25.1 Å². The van der Waals surface area contributed by atoms with Gasteiger partial charge in [0.2, 0.25) is 0 Å². The van der Waals surface area contributed by atoms with E-state index in [4.69, 9.17) is 11.6 Å². The lowest BCUT2D eigenvalue weighted by atomic mass is 10.1. The molecule has 0 aromatic heterocycles. The van der Waals surface area contributed by atoms with Crippen molar-refractivity contribution < 1.29 is 9.18 Å². The number of benzene rings is 2. The Balaban J connectivity index is 2.08. The molecule has 0 spiro atoms. The number of rotatable bonds is 3. The van der Waals surface area contributed by atoms with Crippen molar-refractivity contribution in [2.45, 2.75) is 6.92 Å². The van der Waals surface area contributed by atoms with Gasteiger partial charge in [0.15, 0.2) is 0 Å². The lowest BCUT2D eigenvalue weighted by Crippen LogP contribution is -2.19. The normalized spacial score (nSPS) is 11.2. The maximum absolute atomic E-state index is 12.8. The molecule has 0 aliphatic rings. The molecule has 0 radical (unpaired) electrons. The molecule has 102 valence electrons. The van der Waals surface area contributed by atoms with Crippen molar-refractivity contribution in [2.75, 3.05) is 0 Å². The average molecular weight is 291 g/mol. The molecule has 0 aliphatic heterocycles. The Hall–Kier alpha value is -2.20. The summed E-state index contributed by atoms with van der Waals surface area (Å²) >= 11 is 5.88. The summed E-state index contributed by atoms with van der Waals surface area (Å²) < 4.78 is 12.8. The second-order valence-electron chi connectivity index (χ2n) is 4.16. The minimum atomic E-state index is -0.397. The van der Waals surface area contributed by atoms with Crippen molar-refractivity contribution in [1.82, 2.24) is 5.43 Å². The van der Waals surface area contributed by atoms with Gasteiger partial charge in [-0.15, -0.1) is 0 Å². The van der Waals surface area contributed by atoms with Gasteiger partial charge in [-0.3, -0.25) is 4.79 Å². The van der Waals surface area contributed by atoms with E-state index in [1.807, 2.05) is 6.07 Å². The van der Waals surface area contributed by atoms with Crippen LogP contribution >= 0.6 is 11.6 Å². The summed E-state index contributed by atoms with van der Waals surface area (Å²) in [6.07, 6.45) is 0. The standard InChI is InChI=1S/C15H12ClFN2O/c1-10(12-3-2-4-13(16)9-12)18-19-15(20)11-5-7-14(17)8-6-11/h2-9H,1H3,(H,19,20)/b18-10+. The number of carbonyl (C=O) groups is 1. The number of halogens is 2. The zero-order chi connectivity index (χ0) is 14.5. The zero-order valence-electron chi connectivity index (χ0n) is 10.7. The second kappa shape index (κ2) is 6.30. The van der Waals surface area contributed by atoms with Gasteiger partial charge in [-0.2, -0.15) is 5.10 Å². The number of hydrogen-bond acceptors (Lipinski definition) is 2. The summed E-state index contributed by atoms with van der Waals surface area (Å²) in [7, 11) is 0. The van der Waals surface area contributed by atoms with Gasteiger partial charge in [0, 0.05) is 10.6 Å². The molecule has 5 heteroatoms. The first-order chi connectivity index (χ1) is 9.56. The molecule has 0 saturated carbocycles. The molecule has 2 rings (SSSR count). The number of nitrogens with zero attached hydrogens (tertiary/aromatic N) is 1. The predicted molar refractivity (Wildman–Crippen MR) is 77.5 cm³/mol. The van der Waals surface area contributed by atoms with Crippen LogP contribution in [-0.2, 0) is 0 Å². The quantitative estimate of drug-likeness (QED) is 0.680. The van der Waals surface area contributed by atoms with Gasteiger partial charge in [0.1, 0.15) is 5.82 Å². The van der Waals surface area contributed by atoms with Crippen LogP contribution in [0.4, 0.5) is 4.39 Å². The maximum Gasteiger partial charge on any atom is 0.271 e. The molecule has 20 heavy (non-hydrogen) atoms. The SMILES string of the molecule is C/C(=N\NC(=O)c1ccc(F)cc1)c1cccc(Cl)c1. The molecule has 0 unspecified atom stereocenters. The van der Waals surface area contributed by atoms with Gasteiger partial charge in [-0.25, -0.2) is 9.82 Å². The Morgan fingerprint density at radius 3 is 2.50 bits per heavy atom. The smallest absolute Gasteiger partial charge is 0.267 e. The van der Waals surface area contributed by atoms with Crippen LogP contribution in [0.15, 0.2) is 53.6 Å². The number of hydrogen-bond donors (Lipinski definition) is 1. The summed E-state index contributed by atoms with van der Waals surface area (Å²) in [5, 5.41) is 4.60. The molecular weight excluding hydrogens is 279 g/mol. The molecule has 1 amide bonds. The molecular formula is C15H12ClFN2O. The largest absolute Gasteiger partial charge is 0.271 e. The Morgan fingerprint density at radius 2 is 1.85 bits per heavy atom. The van der Waals surface area contributed by atoms with Crippen molar-refractivity contribution in [2.24, 2.45) is 5.10 Å². The monoisotopic (exact) mass is 290 g/mol. The van der Waals surface area contributed by atoms with Gasteiger partial charge >= 0.3 is 0 Å². The highest BCUT2D eigenvalue weighted by Gasteiger charge is 2.05. The summed E-state index contributed by atoms with van der Waals surface area (Å²) in [6, 6.07) is 12.4. The molecule has 0 heterocycles. The fourth-order valence-corrected chi connectivity index (χ4v) is 1.77. The third-order valence-electron chi connectivity index (χ3n) is 2.67.